The Hall–Kier alpha value is -0.0900. The molecule has 0 bridgehead atoms. The smallest absolute Gasteiger partial charge is 0.153 e. The van der Waals surface area contributed by atoms with Crippen LogP contribution in [0.15, 0.2) is 0 Å². The average Bonchev–Trinajstić information content (AvgIpc) is 2.02. The van der Waals surface area contributed by atoms with Gasteiger partial charge in [-0.25, -0.2) is 8.42 Å². The summed E-state index contributed by atoms with van der Waals surface area (Å²) in [6.07, 6.45) is 1.81. The highest BCUT2D eigenvalue weighted by Gasteiger charge is 2.40. The molecule has 72 valence electrons. The molecule has 1 aliphatic rings. The van der Waals surface area contributed by atoms with Crippen molar-refractivity contribution in [3.8, 4) is 0 Å². The van der Waals surface area contributed by atoms with E-state index < -0.39 is 9.84 Å². The topological polar surface area (TPSA) is 46.2 Å². The number of hydrogen-bond acceptors (Lipinski definition) is 3. The summed E-state index contributed by atoms with van der Waals surface area (Å²) in [5.41, 5.74) is 0. The largest absolute Gasteiger partial charge is 0.319 e. The van der Waals surface area contributed by atoms with E-state index in [1.165, 1.54) is 0 Å². The Morgan fingerprint density at radius 1 is 1.58 bits per heavy atom. The quantitative estimate of drug-likeness (QED) is 0.700. The lowest BCUT2D eigenvalue weighted by Crippen LogP contribution is -2.45. The Kier molecular flexibility index (Phi) is 3.12. The minimum absolute atomic E-state index is 0.0602. The number of sulfone groups is 1. The Bertz CT molecular complexity index is 235. The second-order valence-corrected chi connectivity index (χ2v) is 5.76. The van der Waals surface area contributed by atoms with Crippen LogP contribution in [0.4, 0.5) is 0 Å². The lowest BCUT2D eigenvalue weighted by atomic mass is 9.99. The molecule has 0 aromatic heterocycles. The van der Waals surface area contributed by atoms with Gasteiger partial charge < -0.3 is 5.32 Å². The standard InChI is InChI=1S/C8H17NO2S/c1-3-7(6-9-2)8-4-5-12(8,10)11/h7-9H,3-6H2,1-2H3. The van der Waals surface area contributed by atoms with Gasteiger partial charge in [-0.05, 0) is 25.9 Å². The summed E-state index contributed by atoms with van der Waals surface area (Å²) in [6, 6.07) is 0. The zero-order valence-electron chi connectivity index (χ0n) is 7.71. The Labute approximate surface area is 74.5 Å². The molecule has 0 amide bonds. The van der Waals surface area contributed by atoms with E-state index in [4.69, 9.17) is 0 Å². The summed E-state index contributed by atoms with van der Waals surface area (Å²) in [4.78, 5) is 0. The average molecular weight is 191 g/mol. The van der Waals surface area contributed by atoms with Crippen LogP contribution in [0.1, 0.15) is 19.8 Å². The van der Waals surface area contributed by atoms with Crippen molar-refractivity contribution in [2.24, 2.45) is 5.92 Å². The summed E-state index contributed by atoms with van der Waals surface area (Å²) in [6.45, 7) is 2.87. The molecule has 4 heteroatoms. The summed E-state index contributed by atoms with van der Waals surface area (Å²) in [5.74, 6) is 0.714. The molecule has 3 nitrogen and oxygen atoms in total. The van der Waals surface area contributed by atoms with Crippen molar-refractivity contribution in [1.29, 1.82) is 0 Å². The van der Waals surface area contributed by atoms with Gasteiger partial charge in [-0.2, -0.15) is 0 Å². The minimum atomic E-state index is -2.70. The first-order valence-corrected chi connectivity index (χ1v) is 6.19. The molecule has 12 heavy (non-hydrogen) atoms. The molecule has 1 fully saturated rings. The normalized spacial score (nSPS) is 29.3. The van der Waals surface area contributed by atoms with Crippen molar-refractivity contribution in [2.45, 2.75) is 25.0 Å². The van der Waals surface area contributed by atoms with Gasteiger partial charge in [-0.3, -0.25) is 0 Å². The third-order valence-corrected chi connectivity index (χ3v) is 5.01. The molecule has 0 aliphatic carbocycles. The van der Waals surface area contributed by atoms with Crippen molar-refractivity contribution < 1.29 is 8.42 Å². The second-order valence-electron chi connectivity index (χ2n) is 3.42. The molecular weight excluding hydrogens is 174 g/mol. The van der Waals surface area contributed by atoms with Crippen LogP contribution in [0.5, 0.6) is 0 Å². The van der Waals surface area contributed by atoms with Crippen LogP contribution in [-0.2, 0) is 9.84 Å². The molecule has 1 rings (SSSR count). The van der Waals surface area contributed by atoms with Gasteiger partial charge in [0.1, 0.15) is 0 Å². The first-order chi connectivity index (χ1) is 5.61. The number of rotatable bonds is 4. The first-order valence-electron chi connectivity index (χ1n) is 4.48. The van der Waals surface area contributed by atoms with Crippen molar-refractivity contribution in [1.82, 2.24) is 5.32 Å². The van der Waals surface area contributed by atoms with Gasteiger partial charge in [-0.15, -0.1) is 0 Å². The van der Waals surface area contributed by atoms with Gasteiger partial charge in [-0.1, -0.05) is 13.3 Å². The van der Waals surface area contributed by atoms with Crippen LogP contribution in [0, 0.1) is 5.92 Å². The molecule has 1 heterocycles. The predicted molar refractivity (Wildman–Crippen MR) is 49.9 cm³/mol. The van der Waals surface area contributed by atoms with Gasteiger partial charge in [0.15, 0.2) is 9.84 Å². The summed E-state index contributed by atoms with van der Waals surface area (Å²) in [7, 11) is -0.827. The fraction of sp³-hybridized carbons (Fsp3) is 1.00. The van der Waals surface area contributed by atoms with Crippen LogP contribution in [0.3, 0.4) is 0 Å². The molecule has 1 aliphatic heterocycles. The van der Waals surface area contributed by atoms with E-state index in [0.717, 1.165) is 19.4 Å². The highest BCUT2D eigenvalue weighted by Crippen LogP contribution is 2.29. The van der Waals surface area contributed by atoms with Crippen molar-refractivity contribution >= 4 is 9.84 Å². The SMILES string of the molecule is CCC(CNC)C1CCS1(=O)=O. The van der Waals surface area contributed by atoms with Gasteiger partial charge in [0.2, 0.25) is 0 Å². The molecule has 0 radical (unpaired) electrons. The third kappa shape index (κ3) is 1.80. The zero-order valence-corrected chi connectivity index (χ0v) is 8.52. The van der Waals surface area contributed by atoms with Gasteiger partial charge >= 0.3 is 0 Å². The molecule has 2 atom stereocenters. The fourth-order valence-electron chi connectivity index (χ4n) is 1.78. The highest BCUT2D eigenvalue weighted by molar-refractivity contribution is 7.93. The molecule has 0 aromatic carbocycles. The van der Waals surface area contributed by atoms with E-state index in [1.54, 1.807) is 0 Å². The van der Waals surface area contributed by atoms with Crippen LogP contribution in [0.25, 0.3) is 0 Å². The number of hydrogen-bond donors (Lipinski definition) is 1. The first kappa shape index (κ1) is 9.99. The minimum Gasteiger partial charge on any atom is -0.319 e. The van der Waals surface area contributed by atoms with E-state index in [2.05, 4.69) is 12.2 Å². The van der Waals surface area contributed by atoms with Crippen molar-refractivity contribution in [3.05, 3.63) is 0 Å². The van der Waals surface area contributed by atoms with E-state index in [9.17, 15) is 8.42 Å². The second kappa shape index (κ2) is 3.75. The number of nitrogens with one attached hydrogen (secondary N) is 1. The van der Waals surface area contributed by atoms with Crippen LogP contribution in [0.2, 0.25) is 0 Å². The maximum Gasteiger partial charge on any atom is 0.153 e. The maximum atomic E-state index is 11.3. The summed E-state index contributed by atoms with van der Waals surface area (Å²) in [5, 5.41) is 2.98. The Morgan fingerprint density at radius 2 is 2.25 bits per heavy atom. The van der Waals surface area contributed by atoms with E-state index >= 15 is 0 Å². The van der Waals surface area contributed by atoms with E-state index in [0.29, 0.717) is 11.7 Å². The molecule has 0 saturated carbocycles. The van der Waals surface area contributed by atoms with E-state index in [-0.39, 0.29) is 5.25 Å². The lowest BCUT2D eigenvalue weighted by molar-refractivity contribution is 0.412. The van der Waals surface area contributed by atoms with Gasteiger partial charge in [0.05, 0.1) is 11.0 Å². The maximum absolute atomic E-state index is 11.3. The van der Waals surface area contributed by atoms with Gasteiger partial charge in [0, 0.05) is 0 Å². The monoisotopic (exact) mass is 191 g/mol. The van der Waals surface area contributed by atoms with Crippen molar-refractivity contribution in [2.75, 3.05) is 19.3 Å². The van der Waals surface area contributed by atoms with Crippen LogP contribution >= 0.6 is 0 Å². The molecule has 0 spiro atoms. The summed E-state index contributed by atoms with van der Waals surface area (Å²) < 4.78 is 22.5. The predicted octanol–water partition coefficient (Wildman–Crippen LogP) is 0.419. The molecule has 0 aromatic rings. The molecule has 1 N–H and O–H groups in total. The van der Waals surface area contributed by atoms with Gasteiger partial charge in [0.25, 0.3) is 0 Å². The third-order valence-electron chi connectivity index (χ3n) is 2.66. The molecule has 2 unspecified atom stereocenters. The Morgan fingerprint density at radius 3 is 2.50 bits per heavy atom. The highest BCUT2D eigenvalue weighted by atomic mass is 32.2. The zero-order chi connectivity index (χ0) is 9.19. The van der Waals surface area contributed by atoms with Crippen LogP contribution < -0.4 is 5.32 Å². The molecular formula is C8H17NO2S. The van der Waals surface area contributed by atoms with Crippen molar-refractivity contribution in [3.63, 3.8) is 0 Å². The fourth-order valence-corrected chi connectivity index (χ4v) is 3.54. The Balaban J connectivity index is 2.55. The summed E-state index contributed by atoms with van der Waals surface area (Å²) >= 11 is 0. The lowest BCUT2D eigenvalue weighted by Gasteiger charge is -2.32. The molecule has 1 saturated heterocycles. The van der Waals surface area contributed by atoms with Crippen LogP contribution in [-0.4, -0.2) is 33.0 Å². The van der Waals surface area contributed by atoms with E-state index in [1.807, 2.05) is 7.05 Å².